The zero-order chi connectivity index (χ0) is 25.6. The van der Waals surface area contributed by atoms with E-state index in [4.69, 9.17) is 9.47 Å². The zero-order valence-electron chi connectivity index (χ0n) is 20.9. The average Bonchev–Trinajstić information content (AvgIpc) is 3.63. The summed E-state index contributed by atoms with van der Waals surface area (Å²) in [5, 5.41) is 1.03. The second-order valence-corrected chi connectivity index (χ2v) is 12.2. The fourth-order valence-corrected chi connectivity index (χ4v) is 6.05. The van der Waals surface area contributed by atoms with E-state index in [0.29, 0.717) is 42.5 Å². The minimum Gasteiger partial charge on any atom is -0.477 e. The van der Waals surface area contributed by atoms with Crippen molar-refractivity contribution in [2.24, 2.45) is 5.92 Å². The van der Waals surface area contributed by atoms with Gasteiger partial charge in [0.1, 0.15) is 0 Å². The molecule has 1 unspecified atom stereocenters. The first-order valence-corrected chi connectivity index (χ1v) is 14.0. The Bertz CT molecular complexity index is 1300. The van der Waals surface area contributed by atoms with Crippen LogP contribution in [0.5, 0.6) is 5.88 Å². The highest BCUT2D eigenvalue weighted by Crippen LogP contribution is 2.52. The van der Waals surface area contributed by atoms with Crippen molar-refractivity contribution in [1.82, 2.24) is 9.71 Å². The number of benzene rings is 1. The van der Waals surface area contributed by atoms with Gasteiger partial charge in [0.25, 0.3) is 15.1 Å². The first-order chi connectivity index (χ1) is 17.2. The van der Waals surface area contributed by atoms with E-state index in [1.165, 1.54) is 19.6 Å². The molecule has 2 heterocycles. The summed E-state index contributed by atoms with van der Waals surface area (Å²) in [6.07, 6.45) is 9.34. The van der Waals surface area contributed by atoms with E-state index in [-0.39, 0.29) is 5.92 Å². The maximum Gasteiger partial charge on any atom is 0.289 e. The molecule has 2 aromatic rings. The highest BCUT2D eigenvalue weighted by molar-refractivity contribution is 7.91. The molecule has 192 valence electrons. The summed E-state index contributed by atoms with van der Waals surface area (Å²) in [6.45, 7) is 4.54. The standard InChI is InChI=1S/C27H33N3O5S/c1-18(2)17-35-24-22(15-21(16-28-24)19-8-6-9-19)26(13-14-26)25(31)30-36(32,33)27(34-3)12-11-20-7-4-5-10-23(20)29-27/h4-5,7,10-12,15-16,18-19,29H,6,8-9,13-14,17H2,1-3H3,(H,30,31). The predicted molar refractivity (Wildman–Crippen MR) is 138 cm³/mol. The molecular weight excluding hydrogens is 478 g/mol. The molecule has 1 amide bonds. The molecule has 8 nitrogen and oxygen atoms in total. The number of aromatic nitrogens is 1. The van der Waals surface area contributed by atoms with Crippen LogP contribution in [0.2, 0.25) is 0 Å². The molecule has 0 saturated heterocycles. The van der Waals surface area contributed by atoms with Gasteiger partial charge >= 0.3 is 0 Å². The molecule has 36 heavy (non-hydrogen) atoms. The maximum atomic E-state index is 13.7. The molecule has 2 N–H and O–H groups in total. The molecule has 0 radical (unpaired) electrons. The number of hydrogen-bond acceptors (Lipinski definition) is 7. The summed E-state index contributed by atoms with van der Waals surface area (Å²) in [5.41, 5.74) is 2.18. The number of ether oxygens (including phenoxy) is 2. The Labute approximate surface area is 212 Å². The highest BCUT2D eigenvalue weighted by atomic mass is 32.2. The van der Waals surface area contributed by atoms with E-state index in [2.05, 4.69) is 15.0 Å². The van der Waals surface area contributed by atoms with Gasteiger partial charge in [-0.3, -0.25) is 4.79 Å². The van der Waals surface area contributed by atoms with Crippen LogP contribution in [0.3, 0.4) is 0 Å². The van der Waals surface area contributed by atoms with Crippen LogP contribution in [0, 0.1) is 5.92 Å². The smallest absolute Gasteiger partial charge is 0.289 e. The molecule has 3 aliphatic rings. The van der Waals surface area contributed by atoms with Crippen LogP contribution in [0.15, 0.2) is 42.6 Å². The molecule has 1 aromatic carbocycles. The number of pyridine rings is 1. The lowest BCUT2D eigenvalue weighted by Crippen LogP contribution is -2.55. The second kappa shape index (κ2) is 9.19. The lowest BCUT2D eigenvalue weighted by molar-refractivity contribution is -0.121. The maximum absolute atomic E-state index is 13.7. The fraction of sp³-hybridized carbons (Fsp3) is 0.481. The number of methoxy groups -OCH3 is 1. The molecular formula is C27H33N3O5S. The van der Waals surface area contributed by atoms with Gasteiger partial charge in [0.15, 0.2) is 0 Å². The molecule has 1 aromatic heterocycles. The van der Waals surface area contributed by atoms with Crippen LogP contribution >= 0.6 is 0 Å². The van der Waals surface area contributed by atoms with Gasteiger partial charge < -0.3 is 14.8 Å². The summed E-state index contributed by atoms with van der Waals surface area (Å²) in [7, 11) is -3.03. The van der Waals surface area contributed by atoms with Gasteiger partial charge in [0, 0.05) is 24.6 Å². The van der Waals surface area contributed by atoms with Gasteiger partial charge in [-0.15, -0.1) is 0 Å². The summed E-state index contributed by atoms with van der Waals surface area (Å²) in [6, 6.07) is 9.30. The SMILES string of the molecule is COC1(S(=O)(=O)NC(=O)C2(c3cc(C4CCC4)cnc3OCC(C)C)CC2)C=Cc2ccccc2N1. The zero-order valence-corrected chi connectivity index (χ0v) is 21.7. The minimum absolute atomic E-state index is 0.281. The number of sulfonamides is 1. The Morgan fingerprint density at radius 1 is 1.25 bits per heavy atom. The molecule has 5 rings (SSSR count). The molecule has 1 aliphatic heterocycles. The largest absolute Gasteiger partial charge is 0.477 e. The molecule has 2 aliphatic carbocycles. The molecule has 2 saturated carbocycles. The number of rotatable bonds is 9. The first-order valence-electron chi connectivity index (χ1n) is 12.5. The number of fused-ring (bicyclic) bond motifs is 1. The predicted octanol–water partition coefficient (Wildman–Crippen LogP) is 4.30. The number of carbonyl (C=O) groups is 1. The summed E-state index contributed by atoms with van der Waals surface area (Å²) >= 11 is 0. The van der Waals surface area contributed by atoms with Crippen LogP contribution in [-0.2, 0) is 25.0 Å². The van der Waals surface area contributed by atoms with Crippen LogP contribution in [0.25, 0.3) is 6.08 Å². The number of amides is 1. The minimum atomic E-state index is -4.33. The van der Waals surface area contributed by atoms with Crippen molar-refractivity contribution < 1.29 is 22.7 Å². The van der Waals surface area contributed by atoms with Crippen molar-refractivity contribution in [2.75, 3.05) is 19.0 Å². The van der Waals surface area contributed by atoms with E-state index in [1.54, 1.807) is 18.2 Å². The Morgan fingerprint density at radius 3 is 2.64 bits per heavy atom. The van der Waals surface area contributed by atoms with E-state index >= 15 is 0 Å². The Hall–Kier alpha value is -2.91. The fourth-order valence-electron chi connectivity index (χ4n) is 4.75. The average molecular weight is 512 g/mol. The van der Waals surface area contributed by atoms with Crippen LogP contribution in [-0.4, -0.2) is 38.1 Å². The summed E-state index contributed by atoms with van der Waals surface area (Å²) < 4.78 is 40.9. The lowest BCUT2D eigenvalue weighted by Gasteiger charge is -2.34. The highest BCUT2D eigenvalue weighted by Gasteiger charge is 2.56. The van der Waals surface area contributed by atoms with Gasteiger partial charge in [-0.1, -0.05) is 44.5 Å². The topological polar surface area (TPSA) is 107 Å². The normalized spacial score (nSPS) is 22.3. The first kappa shape index (κ1) is 24.8. The lowest BCUT2D eigenvalue weighted by atomic mass is 9.79. The molecule has 0 bridgehead atoms. The van der Waals surface area contributed by atoms with Crippen molar-refractivity contribution in [2.45, 2.75) is 62.3 Å². The number of hydrogen-bond donors (Lipinski definition) is 2. The van der Waals surface area contributed by atoms with Crippen LogP contribution < -0.4 is 14.8 Å². The second-order valence-electron chi connectivity index (χ2n) is 10.4. The number of para-hydroxylation sites is 1. The molecule has 2 fully saturated rings. The quantitative estimate of drug-likeness (QED) is 0.517. The molecule has 0 spiro atoms. The summed E-state index contributed by atoms with van der Waals surface area (Å²) in [5.74, 6) is 0.521. The Kier molecular flexibility index (Phi) is 6.32. The Balaban J connectivity index is 1.44. The number of nitrogens with zero attached hydrogens (tertiary/aromatic N) is 1. The van der Waals surface area contributed by atoms with Crippen molar-refractivity contribution >= 4 is 27.7 Å². The van der Waals surface area contributed by atoms with Gasteiger partial charge in [0.05, 0.1) is 12.0 Å². The van der Waals surface area contributed by atoms with Crippen molar-refractivity contribution in [3.63, 3.8) is 0 Å². The number of anilines is 1. The van der Waals surface area contributed by atoms with Gasteiger partial charge in [0.2, 0.25) is 11.8 Å². The van der Waals surface area contributed by atoms with Crippen LogP contribution in [0.1, 0.15) is 68.6 Å². The van der Waals surface area contributed by atoms with Gasteiger partial charge in [-0.2, -0.15) is 0 Å². The third-order valence-electron chi connectivity index (χ3n) is 7.38. The number of nitrogens with one attached hydrogen (secondary N) is 2. The van der Waals surface area contributed by atoms with Gasteiger partial charge in [-0.05, 0) is 66.9 Å². The van der Waals surface area contributed by atoms with Crippen LogP contribution in [0.4, 0.5) is 5.69 Å². The third kappa shape index (κ3) is 4.28. The van der Waals surface area contributed by atoms with E-state index in [0.717, 1.165) is 24.0 Å². The monoisotopic (exact) mass is 511 g/mol. The van der Waals surface area contributed by atoms with E-state index in [9.17, 15) is 13.2 Å². The van der Waals surface area contributed by atoms with Crippen molar-refractivity contribution in [1.29, 1.82) is 0 Å². The van der Waals surface area contributed by atoms with Crippen molar-refractivity contribution in [3.8, 4) is 5.88 Å². The van der Waals surface area contributed by atoms with Gasteiger partial charge in [-0.25, -0.2) is 18.1 Å². The third-order valence-corrected chi connectivity index (χ3v) is 9.04. The van der Waals surface area contributed by atoms with Crippen molar-refractivity contribution in [3.05, 3.63) is 59.3 Å². The number of carbonyl (C=O) groups excluding carboxylic acids is 1. The summed E-state index contributed by atoms with van der Waals surface area (Å²) in [4.78, 5) is 18.2. The molecule has 1 atom stereocenters. The molecule has 9 heteroatoms. The van der Waals surface area contributed by atoms with E-state index in [1.807, 2.05) is 38.2 Å². The van der Waals surface area contributed by atoms with E-state index < -0.39 is 26.4 Å². The Morgan fingerprint density at radius 2 is 2.00 bits per heavy atom.